The van der Waals surface area contributed by atoms with Gasteiger partial charge in [-0.25, -0.2) is 0 Å². The van der Waals surface area contributed by atoms with Crippen molar-refractivity contribution in [2.75, 3.05) is 20.0 Å². The van der Waals surface area contributed by atoms with Crippen LogP contribution >= 0.6 is 0 Å². The molecule has 1 saturated carbocycles. The molecule has 0 aromatic heterocycles. The van der Waals surface area contributed by atoms with Gasteiger partial charge in [-0.2, -0.15) is 0 Å². The first-order valence-corrected chi connectivity index (χ1v) is 7.99. The van der Waals surface area contributed by atoms with Crippen molar-refractivity contribution in [2.24, 2.45) is 0 Å². The topological polar surface area (TPSA) is 47.7 Å². The van der Waals surface area contributed by atoms with Crippen LogP contribution in [0.25, 0.3) is 0 Å². The molecule has 3 rings (SSSR count). The highest BCUT2D eigenvalue weighted by atomic mass is 16.5. The van der Waals surface area contributed by atoms with Crippen molar-refractivity contribution < 1.29 is 9.47 Å². The Hall–Kier alpha value is -2.20. The van der Waals surface area contributed by atoms with Crippen LogP contribution in [0.3, 0.4) is 0 Å². The van der Waals surface area contributed by atoms with Gasteiger partial charge in [-0.1, -0.05) is 12.1 Å². The van der Waals surface area contributed by atoms with E-state index in [9.17, 15) is 0 Å². The van der Waals surface area contributed by atoms with E-state index in [2.05, 4.69) is 23.1 Å². The molecular formula is C19H24N2O2. The number of benzene rings is 2. The molecule has 0 unspecified atom stereocenters. The third kappa shape index (κ3) is 3.96. The molecule has 1 aliphatic rings. The first kappa shape index (κ1) is 15.7. The molecule has 23 heavy (non-hydrogen) atoms. The monoisotopic (exact) mass is 312 g/mol. The maximum atomic E-state index is 5.91. The summed E-state index contributed by atoms with van der Waals surface area (Å²) in [6.07, 6.45) is 2.52. The van der Waals surface area contributed by atoms with Gasteiger partial charge in [0.25, 0.3) is 0 Å². The molecule has 2 N–H and O–H groups in total. The van der Waals surface area contributed by atoms with Crippen molar-refractivity contribution in [1.82, 2.24) is 4.90 Å². The third-order valence-corrected chi connectivity index (χ3v) is 4.26. The zero-order valence-electron chi connectivity index (χ0n) is 13.8. The highest BCUT2D eigenvalue weighted by Crippen LogP contribution is 2.33. The fourth-order valence-electron chi connectivity index (χ4n) is 2.90. The van der Waals surface area contributed by atoms with E-state index in [1.807, 2.05) is 24.3 Å². The van der Waals surface area contributed by atoms with Crippen LogP contribution < -0.4 is 15.2 Å². The van der Waals surface area contributed by atoms with Crippen molar-refractivity contribution in [1.29, 1.82) is 0 Å². The van der Waals surface area contributed by atoms with Crippen LogP contribution in [-0.4, -0.2) is 25.2 Å². The fourth-order valence-corrected chi connectivity index (χ4v) is 2.90. The predicted molar refractivity (Wildman–Crippen MR) is 92.7 cm³/mol. The van der Waals surface area contributed by atoms with Crippen molar-refractivity contribution in [3.8, 4) is 11.5 Å². The standard InChI is InChI=1S/C19H24N2O2/c1-22-18-8-9-19(23-2)15(11-18)13-21(17-6-7-17)12-14-4-3-5-16(20)10-14/h3-5,8-11,17H,6-7,12-13,20H2,1-2H3. The summed E-state index contributed by atoms with van der Waals surface area (Å²) in [5.74, 6) is 1.77. The fraction of sp³-hybridized carbons (Fsp3) is 0.368. The first-order chi connectivity index (χ1) is 11.2. The van der Waals surface area contributed by atoms with Crippen molar-refractivity contribution in [3.05, 3.63) is 53.6 Å². The molecule has 0 saturated heterocycles. The van der Waals surface area contributed by atoms with Gasteiger partial charge in [-0.15, -0.1) is 0 Å². The van der Waals surface area contributed by atoms with E-state index in [0.717, 1.165) is 35.8 Å². The number of methoxy groups -OCH3 is 2. The number of hydrogen-bond donors (Lipinski definition) is 1. The average Bonchev–Trinajstić information content (AvgIpc) is 3.39. The van der Waals surface area contributed by atoms with E-state index in [1.54, 1.807) is 14.2 Å². The van der Waals surface area contributed by atoms with E-state index in [1.165, 1.54) is 18.4 Å². The Morgan fingerprint density at radius 1 is 1.04 bits per heavy atom. The van der Waals surface area contributed by atoms with Crippen molar-refractivity contribution in [3.63, 3.8) is 0 Å². The van der Waals surface area contributed by atoms with Crippen LogP contribution in [0, 0.1) is 0 Å². The number of rotatable bonds is 7. The Morgan fingerprint density at radius 2 is 1.87 bits per heavy atom. The van der Waals surface area contributed by atoms with Gasteiger partial charge in [0.1, 0.15) is 11.5 Å². The van der Waals surface area contributed by atoms with E-state index < -0.39 is 0 Å². The van der Waals surface area contributed by atoms with Crippen LogP contribution in [0.1, 0.15) is 24.0 Å². The molecule has 2 aromatic rings. The molecule has 0 radical (unpaired) electrons. The Kier molecular flexibility index (Phi) is 4.72. The van der Waals surface area contributed by atoms with E-state index >= 15 is 0 Å². The molecule has 0 bridgehead atoms. The first-order valence-electron chi connectivity index (χ1n) is 7.99. The second-order valence-corrected chi connectivity index (χ2v) is 6.06. The number of anilines is 1. The van der Waals surface area contributed by atoms with Crippen LogP contribution in [-0.2, 0) is 13.1 Å². The summed E-state index contributed by atoms with van der Waals surface area (Å²) in [6.45, 7) is 1.75. The summed E-state index contributed by atoms with van der Waals surface area (Å²) in [7, 11) is 3.40. The molecule has 0 atom stereocenters. The Bertz CT molecular complexity index is 668. The predicted octanol–water partition coefficient (Wildman–Crippen LogP) is 3.45. The lowest BCUT2D eigenvalue weighted by atomic mass is 10.1. The second-order valence-electron chi connectivity index (χ2n) is 6.06. The number of nitrogen functional groups attached to an aromatic ring is 1. The summed E-state index contributed by atoms with van der Waals surface area (Å²) >= 11 is 0. The molecular weight excluding hydrogens is 288 g/mol. The smallest absolute Gasteiger partial charge is 0.123 e. The maximum Gasteiger partial charge on any atom is 0.123 e. The summed E-state index contributed by atoms with van der Waals surface area (Å²) in [4.78, 5) is 2.49. The minimum absolute atomic E-state index is 0.646. The third-order valence-electron chi connectivity index (χ3n) is 4.26. The lowest BCUT2D eigenvalue weighted by molar-refractivity contribution is 0.241. The largest absolute Gasteiger partial charge is 0.497 e. The van der Waals surface area contributed by atoms with Crippen LogP contribution in [0.4, 0.5) is 5.69 Å². The molecule has 122 valence electrons. The molecule has 0 spiro atoms. The lowest BCUT2D eigenvalue weighted by Crippen LogP contribution is -2.25. The van der Waals surface area contributed by atoms with E-state index in [-0.39, 0.29) is 0 Å². The second kappa shape index (κ2) is 6.92. The Balaban J connectivity index is 1.80. The van der Waals surface area contributed by atoms with Gasteiger partial charge in [0, 0.05) is 30.4 Å². The molecule has 0 amide bonds. The van der Waals surface area contributed by atoms with Gasteiger partial charge in [-0.3, -0.25) is 4.90 Å². The Labute approximate surface area is 137 Å². The average molecular weight is 312 g/mol. The van der Waals surface area contributed by atoms with Crippen molar-refractivity contribution in [2.45, 2.75) is 32.0 Å². The van der Waals surface area contributed by atoms with Crippen molar-refractivity contribution >= 4 is 5.69 Å². The van der Waals surface area contributed by atoms with Gasteiger partial charge in [-0.05, 0) is 48.7 Å². The molecule has 1 fully saturated rings. The highest BCUT2D eigenvalue weighted by molar-refractivity contribution is 5.42. The van der Waals surface area contributed by atoms with Gasteiger partial charge in [0.15, 0.2) is 0 Å². The van der Waals surface area contributed by atoms with Gasteiger partial charge >= 0.3 is 0 Å². The molecule has 4 heteroatoms. The molecule has 1 aliphatic carbocycles. The van der Waals surface area contributed by atoms with Gasteiger partial charge < -0.3 is 15.2 Å². The van der Waals surface area contributed by atoms with E-state index in [0.29, 0.717) is 6.04 Å². The molecule has 0 aliphatic heterocycles. The molecule has 2 aromatic carbocycles. The number of ether oxygens (including phenoxy) is 2. The minimum atomic E-state index is 0.646. The number of hydrogen-bond acceptors (Lipinski definition) is 4. The number of nitrogens with zero attached hydrogens (tertiary/aromatic N) is 1. The zero-order chi connectivity index (χ0) is 16.2. The molecule has 0 heterocycles. The van der Waals surface area contributed by atoms with Crippen LogP contribution in [0.2, 0.25) is 0 Å². The van der Waals surface area contributed by atoms with Crippen LogP contribution in [0.15, 0.2) is 42.5 Å². The molecule has 4 nitrogen and oxygen atoms in total. The summed E-state index contributed by atoms with van der Waals surface area (Å²) < 4.78 is 10.9. The van der Waals surface area contributed by atoms with Gasteiger partial charge in [0.05, 0.1) is 14.2 Å². The summed E-state index contributed by atoms with van der Waals surface area (Å²) in [5.41, 5.74) is 9.13. The maximum absolute atomic E-state index is 5.91. The Morgan fingerprint density at radius 3 is 2.52 bits per heavy atom. The normalized spacial score (nSPS) is 14.0. The SMILES string of the molecule is COc1ccc(OC)c(CN(Cc2cccc(N)c2)C2CC2)c1. The highest BCUT2D eigenvalue weighted by Gasteiger charge is 2.29. The van der Waals surface area contributed by atoms with Crippen LogP contribution in [0.5, 0.6) is 11.5 Å². The lowest BCUT2D eigenvalue weighted by Gasteiger charge is -2.23. The zero-order valence-corrected chi connectivity index (χ0v) is 13.8. The number of nitrogens with two attached hydrogens (primary N) is 1. The summed E-state index contributed by atoms with van der Waals surface area (Å²) in [5, 5.41) is 0. The summed E-state index contributed by atoms with van der Waals surface area (Å²) in [6, 6.07) is 14.7. The van der Waals surface area contributed by atoms with E-state index in [4.69, 9.17) is 15.2 Å². The minimum Gasteiger partial charge on any atom is -0.497 e. The quantitative estimate of drug-likeness (QED) is 0.796. The van der Waals surface area contributed by atoms with Gasteiger partial charge in [0.2, 0.25) is 0 Å².